The molecule has 152 valence electrons. The number of rotatable bonds is 10. The highest BCUT2D eigenvalue weighted by Crippen LogP contribution is 2.46. The highest BCUT2D eigenvalue weighted by Gasteiger charge is 2.34. The third-order valence-electron chi connectivity index (χ3n) is 4.00. The summed E-state index contributed by atoms with van der Waals surface area (Å²) in [5.41, 5.74) is -0.700. The maximum absolute atomic E-state index is 13.2. The van der Waals surface area contributed by atoms with Gasteiger partial charge in [0.2, 0.25) is 11.5 Å². The lowest BCUT2D eigenvalue weighted by molar-refractivity contribution is -0.386. The number of nitrogens with zero attached hydrogens (tertiary/aromatic N) is 2. The molecule has 0 fully saturated rings. The van der Waals surface area contributed by atoms with Crippen LogP contribution in [-0.4, -0.2) is 57.3 Å². The Morgan fingerprint density at radius 2 is 1.89 bits per heavy atom. The Kier molecular flexibility index (Phi) is 7.21. The summed E-state index contributed by atoms with van der Waals surface area (Å²) in [6.45, 7) is 0.553. The Labute approximate surface area is 161 Å². The molecule has 1 aromatic heterocycles. The number of benzene rings is 1. The lowest BCUT2D eigenvalue weighted by atomic mass is 10.1. The van der Waals surface area contributed by atoms with Gasteiger partial charge in [-0.1, -0.05) is 0 Å². The van der Waals surface area contributed by atoms with E-state index in [1.165, 1.54) is 45.7 Å². The van der Waals surface area contributed by atoms with Gasteiger partial charge in [-0.15, -0.1) is 0 Å². The maximum Gasteiger partial charge on any atom is 0.327 e. The van der Waals surface area contributed by atoms with Gasteiger partial charge in [-0.05, 0) is 12.1 Å². The monoisotopic (exact) mass is 394 g/mol. The third-order valence-corrected chi connectivity index (χ3v) is 4.00. The number of nitro benzene ring substituents is 1. The fourth-order valence-electron chi connectivity index (χ4n) is 2.70. The molecule has 0 aliphatic carbocycles. The van der Waals surface area contributed by atoms with Crippen molar-refractivity contribution >= 4 is 11.6 Å². The fourth-order valence-corrected chi connectivity index (χ4v) is 2.70. The first-order valence-electron chi connectivity index (χ1n) is 8.26. The number of carbonyl (C=O) groups excluding carboxylic acids is 1. The summed E-state index contributed by atoms with van der Waals surface area (Å²) in [4.78, 5) is 25.7. The Morgan fingerprint density at radius 3 is 2.39 bits per heavy atom. The molecule has 0 aliphatic rings. The van der Waals surface area contributed by atoms with Gasteiger partial charge in [-0.3, -0.25) is 14.9 Å². The number of methoxy groups -OCH3 is 4. The Hall–Kier alpha value is -3.27. The third kappa shape index (κ3) is 4.34. The molecule has 0 radical (unpaired) electrons. The van der Waals surface area contributed by atoms with Crippen molar-refractivity contribution in [1.82, 2.24) is 4.90 Å². The number of amides is 1. The van der Waals surface area contributed by atoms with Gasteiger partial charge in [0.05, 0.1) is 45.7 Å². The molecule has 2 rings (SSSR count). The molecule has 2 aromatic rings. The average molecular weight is 394 g/mol. The molecular formula is C18H22N2O8. The Balaban J connectivity index is 2.57. The number of furan rings is 1. The van der Waals surface area contributed by atoms with Gasteiger partial charge < -0.3 is 28.3 Å². The van der Waals surface area contributed by atoms with Crippen LogP contribution in [0, 0.1) is 10.1 Å². The van der Waals surface area contributed by atoms with Gasteiger partial charge in [0.15, 0.2) is 5.75 Å². The molecule has 0 unspecified atom stereocenters. The van der Waals surface area contributed by atoms with Crippen LogP contribution in [0.4, 0.5) is 5.69 Å². The lowest BCUT2D eigenvalue weighted by Gasteiger charge is -2.22. The minimum atomic E-state index is -0.685. The van der Waals surface area contributed by atoms with Gasteiger partial charge in [0, 0.05) is 19.7 Å². The fraction of sp³-hybridized carbons (Fsp3) is 0.389. The van der Waals surface area contributed by atoms with Crippen molar-refractivity contribution in [2.24, 2.45) is 0 Å². The maximum atomic E-state index is 13.2. The van der Waals surface area contributed by atoms with Gasteiger partial charge >= 0.3 is 5.69 Å². The second-order valence-electron chi connectivity index (χ2n) is 5.60. The molecule has 0 bridgehead atoms. The number of hydrogen-bond donors (Lipinski definition) is 0. The van der Waals surface area contributed by atoms with E-state index in [1.54, 1.807) is 12.1 Å². The van der Waals surface area contributed by atoms with Crippen molar-refractivity contribution in [1.29, 1.82) is 0 Å². The van der Waals surface area contributed by atoms with E-state index in [0.29, 0.717) is 5.76 Å². The van der Waals surface area contributed by atoms with Crippen LogP contribution in [0.5, 0.6) is 17.2 Å². The zero-order valence-electron chi connectivity index (χ0n) is 16.1. The largest absolute Gasteiger partial charge is 0.493 e. The van der Waals surface area contributed by atoms with E-state index in [2.05, 4.69) is 0 Å². The van der Waals surface area contributed by atoms with Crippen molar-refractivity contribution in [2.75, 3.05) is 41.6 Å². The van der Waals surface area contributed by atoms with Crippen LogP contribution in [0.25, 0.3) is 0 Å². The number of nitro groups is 1. The van der Waals surface area contributed by atoms with Crippen LogP contribution in [0.1, 0.15) is 16.1 Å². The summed E-state index contributed by atoms with van der Waals surface area (Å²) in [6.07, 6.45) is 1.48. The van der Waals surface area contributed by atoms with Gasteiger partial charge in [-0.25, -0.2) is 0 Å². The molecule has 10 heteroatoms. The molecule has 0 aliphatic heterocycles. The van der Waals surface area contributed by atoms with Crippen molar-refractivity contribution in [3.63, 3.8) is 0 Å². The second kappa shape index (κ2) is 9.60. The summed E-state index contributed by atoms with van der Waals surface area (Å²) in [7, 11) is 5.44. The van der Waals surface area contributed by atoms with Crippen molar-refractivity contribution in [3.8, 4) is 17.2 Å². The molecule has 1 heterocycles. The quantitative estimate of drug-likeness (QED) is 0.446. The van der Waals surface area contributed by atoms with Crippen molar-refractivity contribution in [2.45, 2.75) is 6.54 Å². The summed E-state index contributed by atoms with van der Waals surface area (Å²) >= 11 is 0. The summed E-state index contributed by atoms with van der Waals surface area (Å²) in [5.74, 6) is -0.0976. The Morgan fingerprint density at radius 1 is 1.18 bits per heavy atom. The molecule has 0 saturated carbocycles. The van der Waals surface area contributed by atoms with E-state index in [9.17, 15) is 14.9 Å². The van der Waals surface area contributed by atoms with Gasteiger partial charge in [0.1, 0.15) is 11.3 Å². The first kappa shape index (κ1) is 21.0. The van der Waals surface area contributed by atoms with E-state index in [0.717, 1.165) is 0 Å². The lowest BCUT2D eigenvalue weighted by Crippen LogP contribution is -2.34. The van der Waals surface area contributed by atoms with Crippen LogP contribution >= 0.6 is 0 Å². The molecule has 0 atom stereocenters. The van der Waals surface area contributed by atoms with Crippen LogP contribution < -0.4 is 14.2 Å². The van der Waals surface area contributed by atoms with Crippen LogP contribution in [0.2, 0.25) is 0 Å². The minimum Gasteiger partial charge on any atom is -0.493 e. The number of ether oxygens (including phenoxy) is 4. The Bertz CT molecular complexity index is 819. The highest BCUT2D eigenvalue weighted by atomic mass is 16.6. The van der Waals surface area contributed by atoms with Crippen LogP contribution in [0.15, 0.2) is 28.9 Å². The normalized spacial score (nSPS) is 10.4. The first-order valence-corrected chi connectivity index (χ1v) is 8.26. The standard InChI is InChI=1S/C18H22N2O8/c1-24-9-7-19(11-12-6-5-8-28-12)18(21)13-10-14(25-2)16(26-3)17(27-4)15(13)20(22)23/h5-6,8,10H,7,9,11H2,1-4H3. The van der Waals surface area contributed by atoms with Gasteiger partial charge in [-0.2, -0.15) is 0 Å². The number of hydrogen-bond acceptors (Lipinski definition) is 8. The first-order chi connectivity index (χ1) is 13.5. The predicted molar refractivity (Wildman–Crippen MR) is 98.1 cm³/mol. The molecule has 0 N–H and O–H groups in total. The molecule has 28 heavy (non-hydrogen) atoms. The molecule has 0 spiro atoms. The zero-order chi connectivity index (χ0) is 20.7. The summed E-state index contributed by atoms with van der Waals surface area (Å²) in [6, 6.07) is 4.66. The molecule has 10 nitrogen and oxygen atoms in total. The smallest absolute Gasteiger partial charge is 0.327 e. The van der Waals surface area contributed by atoms with E-state index in [-0.39, 0.29) is 42.5 Å². The van der Waals surface area contributed by atoms with E-state index < -0.39 is 16.5 Å². The predicted octanol–water partition coefficient (Wildman–Crippen LogP) is 2.50. The van der Waals surface area contributed by atoms with E-state index >= 15 is 0 Å². The topological polar surface area (TPSA) is 114 Å². The molecule has 0 saturated heterocycles. The van der Waals surface area contributed by atoms with E-state index in [1.807, 2.05) is 0 Å². The minimum absolute atomic E-state index is 0.0303. The average Bonchev–Trinajstić information content (AvgIpc) is 3.21. The van der Waals surface area contributed by atoms with E-state index in [4.69, 9.17) is 23.4 Å². The number of carbonyl (C=O) groups is 1. The summed E-state index contributed by atoms with van der Waals surface area (Å²) < 4.78 is 25.9. The molecule has 1 aromatic carbocycles. The molecular weight excluding hydrogens is 372 g/mol. The van der Waals surface area contributed by atoms with Crippen molar-refractivity contribution in [3.05, 3.63) is 45.9 Å². The second-order valence-corrected chi connectivity index (χ2v) is 5.60. The zero-order valence-corrected chi connectivity index (χ0v) is 16.1. The summed E-state index contributed by atoms with van der Waals surface area (Å²) in [5, 5.41) is 11.7. The molecule has 1 amide bonds. The van der Waals surface area contributed by atoms with Crippen LogP contribution in [-0.2, 0) is 11.3 Å². The van der Waals surface area contributed by atoms with Gasteiger partial charge in [0.25, 0.3) is 5.91 Å². The highest BCUT2D eigenvalue weighted by molar-refractivity contribution is 6.00. The van der Waals surface area contributed by atoms with Crippen molar-refractivity contribution < 1.29 is 33.1 Å². The van der Waals surface area contributed by atoms with Crippen LogP contribution in [0.3, 0.4) is 0 Å². The SMILES string of the molecule is COCCN(Cc1ccco1)C(=O)c1cc(OC)c(OC)c(OC)c1[N+](=O)[O-].